The molecule has 61 heavy (non-hydrogen) atoms. The third-order valence-corrected chi connectivity index (χ3v) is 11.4. The van der Waals surface area contributed by atoms with E-state index in [0.717, 1.165) is 27.8 Å². The van der Waals surface area contributed by atoms with Crippen LogP contribution in [0.5, 0.6) is 17.2 Å². The van der Waals surface area contributed by atoms with Crippen LogP contribution in [0, 0.1) is 17.6 Å². The quantitative estimate of drug-likeness (QED) is 0.114. The van der Waals surface area contributed by atoms with Crippen LogP contribution >= 0.6 is 0 Å². The molecule has 0 saturated carbocycles. The van der Waals surface area contributed by atoms with E-state index in [4.69, 9.17) is 15.7 Å². The molecule has 1 unspecified atom stereocenters. The van der Waals surface area contributed by atoms with Crippen molar-refractivity contribution in [3.63, 3.8) is 0 Å². The summed E-state index contributed by atoms with van der Waals surface area (Å²) in [6.07, 6.45) is 0.825. The number of carbonyl (C=O) groups is 4. The molecule has 4 aromatic carbocycles. The molecule has 0 spiro atoms. The first-order chi connectivity index (χ1) is 32.5. The molecule has 4 aliphatic rings. The number of imide groups is 2. The summed E-state index contributed by atoms with van der Waals surface area (Å²) in [5, 5.41) is 21.8. The molecule has 3 saturated heterocycles. The molecule has 3 fully saturated rings. The normalized spacial score (nSPS) is 24.8. The van der Waals surface area contributed by atoms with E-state index in [0.29, 0.717) is 56.2 Å². The maximum absolute atomic E-state index is 16.6. The van der Waals surface area contributed by atoms with Crippen molar-refractivity contribution < 1.29 is 53.9 Å². The molecule has 3 N–H and O–H groups in total. The van der Waals surface area contributed by atoms with Crippen LogP contribution in [0.1, 0.15) is 87.4 Å². The van der Waals surface area contributed by atoms with Crippen LogP contribution in [0.4, 0.5) is 14.5 Å². The molecule has 14 heteroatoms. The maximum atomic E-state index is 16.6. The average molecular weight is 842 g/mol. The monoisotopic (exact) mass is 841 g/mol. The highest BCUT2D eigenvalue weighted by atomic mass is 19.1. The Hall–Kier alpha value is -6.12. The first-order valence-electron chi connectivity index (χ1n) is 24.1. The van der Waals surface area contributed by atoms with Gasteiger partial charge in [-0.3, -0.25) is 39.2 Å². The Kier molecular flexibility index (Phi) is 9.55. The molecule has 0 radical (unpaired) electrons. The zero-order valence-electron chi connectivity index (χ0n) is 41.2. The minimum atomic E-state index is -3.64. The average Bonchev–Trinajstić information content (AvgIpc) is 3.56. The van der Waals surface area contributed by atoms with Crippen LogP contribution in [0.15, 0.2) is 78.9 Å². The van der Waals surface area contributed by atoms with Crippen molar-refractivity contribution in [2.75, 3.05) is 63.7 Å². The summed E-state index contributed by atoms with van der Waals surface area (Å²) in [6.45, 7) is -10.7. The van der Waals surface area contributed by atoms with Gasteiger partial charge in [0.15, 0.2) is 5.82 Å². The standard InChI is InChI=1S/C47H49F2N5O7/c1-2-36(30-3-9-33(55)10-4-30)41(31-5-11-34(56)12-6-31)32-7-13-35(14-8-32)61-26-25-51-19-17-29(18-20-51)28-52-21-23-53(24-22-52)39-27-37(48)42-43(44(39)49)47(60)54(46(42)59)38-15-16-40(57)50-45(38)58/h3-14,27,29,38,55-56H,2,15-26,28H2,1H3,(H,50,57,58)/i21D2,22D2,23D2,24D2. The Morgan fingerprint density at radius 3 is 1.98 bits per heavy atom. The number of rotatable bonds is 12. The maximum Gasteiger partial charge on any atom is 0.265 e. The Labute approximate surface area is 364 Å². The number of hydrogen-bond donors (Lipinski definition) is 3. The van der Waals surface area contributed by atoms with Crippen molar-refractivity contribution in [3.05, 3.63) is 118 Å². The minimum Gasteiger partial charge on any atom is -0.508 e. The third-order valence-electron chi connectivity index (χ3n) is 11.4. The summed E-state index contributed by atoms with van der Waals surface area (Å²) >= 11 is 0. The lowest BCUT2D eigenvalue weighted by Crippen LogP contribution is -2.54. The van der Waals surface area contributed by atoms with Gasteiger partial charge in [-0.1, -0.05) is 43.3 Å². The van der Waals surface area contributed by atoms with Gasteiger partial charge in [0.25, 0.3) is 11.8 Å². The van der Waals surface area contributed by atoms with E-state index >= 15 is 8.78 Å². The molecule has 12 nitrogen and oxygen atoms in total. The largest absolute Gasteiger partial charge is 0.508 e. The first kappa shape index (κ1) is 32.6. The van der Waals surface area contributed by atoms with Crippen molar-refractivity contribution >= 4 is 40.5 Å². The van der Waals surface area contributed by atoms with Gasteiger partial charge in [0.05, 0.1) is 22.3 Å². The van der Waals surface area contributed by atoms with Crippen LogP contribution in [0.3, 0.4) is 0 Å². The van der Waals surface area contributed by atoms with Crippen molar-refractivity contribution in [3.8, 4) is 17.2 Å². The van der Waals surface area contributed by atoms with E-state index in [1.807, 2.05) is 60.8 Å². The summed E-state index contributed by atoms with van der Waals surface area (Å²) < 4.78 is 110. The van der Waals surface area contributed by atoms with E-state index < -0.39 is 96.6 Å². The third kappa shape index (κ3) is 8.73. The van der Waals surface area contributed by atoms with Crippen LogP contribution in [0.2, 0.25) is 0 Å². The molecule has 0 aliphatic carbocycles. The Balaban J connectivity index is 0.928. The predicted octanol–water partition coefficient (Wildman–Crippen LogP) is 6.06. The van der Waals surface area contributed by atoms with Crippen LogP contribution < -0.4 is 15.0 Å². The van der Waals surface area contributed by atoms with Gasteiger partial charge in [0.2, 0.25) is 11.8 Å². The summed E-state index contributed by atoms with van der Waals surface area (Å²) in [5.41, 5.74) is 0.965. The van der Waals surface area contributed by atoms with Crippen molar-refractivity contribution in [2.24, 2.45) is 5.92 Å². The fourth-order valence-corrected chi connectivity index (χ4v) is 8.21. The van der Waals surface area contributed by atoms with E-state index in [1.165, 1.54) is 0 Å². The number of likely N-dealkylation sites (tertiary alicyclic amines) is 1. The number of allylic oxidation sites excluding steroid dienone is 1. The number of carbonyl (C=O) groups excluding carboxylic acids is 4. The Bertz CT molecular complexity index is 2690. The van der Waals surface area contributed by atoms with Gasteiger partial charge in [0.1, 0.15) is 35.7 Å². The highest BCUT2D eigenvalue weighted by Gasteiger charge is 2.48. The predicted molar refractivity (Wildman–Crippen MR) is 225 cm³/mol. The zero-order chi connectivity index (χ0) is 50.0. The van der Waals surface area contributed by atoms with Crippen LogP contribution in [-0.2, 0) is 9.59 Å². The van der Waals surface area contributed by atoms with E-state index in [1.54, 1.807) is 24.3 Å². The molecule has 0 bridgehead atoms. The number of benzene rings is 4. The van der Waals surface area contributed by atoms with Gasteiger partial charge in [-0.15, -0.1) is 0 Å². The Morgan fingerprint density at radius 1 is 0.787 bits per heavy atom. The van der Waals surface area contributed by atoms with Crippen molar-refractivity contribution in [2.45, 2.75) is 45.1 Å². The summed E-state index contributed by atoms with van der Waals surface area (Å²) in [6, 6.07) is 20.1. The minimum absolute atomic E-state index is 0.139. The number of hydrogen-bond acceptors (Lipinski definition) is 10. The van der Waals surface area contributed by atoms with E-state index in [9.17, 15) is 29.4 Å². The van der Waals surface area contributed by atoms with Crippen LogP contribution in [0.25, 0.3) is 11.1 Å². The number of anilines is 1. The fraction of sp³-hybridized carbons (Fsp3) is 0.362. The Morgan fingerprint density at radius 2 is 1.38 bits per heavy atom. The topological polar surface area (TPSA) is 143 Å². The number of phenols is 2. The van der Waals surface area contributed by atoms with Crippen molar-refractivity contribution in [1.82, 2.24) is 20.0 Å². The molecule has 4 heterocycles. The number of piperazine rings is 1. The molecule has 4 amide bonds. The van der Waals surface area contributed by atoms with Gasteiger partial charge in [0, 0.05) is 57.0 Å². The number of fused-ring (bicyclic) bond motifs is 1. The van der Waals surface area contributed by atoms with Gasteiger partial charge >= 0.3 is 0 Å². The SMILES string of the molecule is [2H]C1([2H])N(CC2CCN(CCOc3ccc(C(=C(CC)c4ccc(O)cc4)c4ccc(O)cc4)cc3)CC2)C([2H])([2H])C([2H])([2H])N(c2cc(F)c3c(c2F)C(=O)N(C2CCC(=O)NC2=O)C3=O)C1([2H])[2H]. The molecule has 4 aliphatic heterocycles. The lowest BCUT2D eigenvalue weighted by atomic mass is 9.88. The second kappa shape index (κ2) is 17.8. The highest BCUT2D eigenvalue weighted by molar-refractivity contribution is 6.24. The summed E-state index contributed by atoms with van der Waals surface area (Å²) in [4.78, 5) is 53.7. The molecule has 318 valence electrons. The second-order valence-corrected chi connectivity index (χ2v) is 15.2. The lowest BCUT2D eigenvalue weighted by molar-refractivity contribution is -0.136. The highest BCUT2D eigenvalue weighted by Crippen LogP contribution is 2.38. The molecule has 4 aromatic rings. The van der Waals surface area contributed by atoms with Gasteiger partial charge in [-0.05, 0) is 109 Å². The first-order valence-corrected chi connectivity index (χ1v) is 20.1. The van der Waals surface area contributed by atoms with Gasteiger partial charge in [-0.2, -0.15) is 0 Å². The molecule has 1 atom stereocenters. The zero-order valence-corrected chi connectivity index (χ0v) is 33.2. The van der Waals surface area contributed by atoms with E-state index in [-0.39, 0.29) is 40.2 Å². The van der Waals surface area contributed by atoms with Crippen molar-refractivity contribution in [1.29, 1.82) is 0 Å². The van der Waals surface area contributed by atoms with Gasteiger partial charge in [-0.25, -0.2) is 8.78 Å². The fourth-order valence-electron chi connectivity index (χ4n) is 8.21. The number of phenolic OH excluding ortho intramolecular Hbond substituents is 2. The second-order valence-electron chi connectivity index (χ2n) is 15.2. The number of amides is 4. The number of halogens is 2. The van der Waals surface area contributed by atoms with Crippen LogP contribution in [-0.4, -0.2) is 113 Å². The van der Waals surface area contributed by atoms with Gasteiger partial charge < -0.3 is 19.8 Å². The molecular weight excluding hydrogens is 785 g/mol. The number of aromatic hydroxyl groups is 2. The smallest absolute Gasteiger partial charge is 0.265 e. The number of ether oxygens (including phenoxy) is 1. The number of nitrogens with zero attached hydrogens (tertiary/aromatic N) is 4. The van der Waals surface area contributed by atoms with E-state index in [2.05, 4.69) is 4.90 Å². The molecule has 8 rings (SSSR count). The molecular formula is C47H49F2N5O7. The number of piperidine rings is 2. The summed E-state index contributed by atoms with van der Waals surface area (Å²) in [5.74, 6) is -7.71. The number of nitrogens with one attached hydrogen (secondary N) is 1. The molecule has 0 aromatic heterocycles. The lowest BCUT2D eigenvalue weighted by Gasteiger charge is -2.39. The summed E-state index contributed by atoms with van der Waals surface area (Å²) in [7, 11) is 0.